The molecule has 0 fully saturated rings. The second-order valence-electron chi connectivity index (χ2n) is 6.62. The van der Waals surface area contributed by atoms with Crippen molar-refractivity contribution in [1.82, 2.24) is 14.5 Å². The fourth-order valence-electron chi connectivity index (χ4n) is 2.99. The van der Waals surface area contributed by atoms with Gasteiger partial charge in [-0.05, 0) is 43.2 Å². The number of hydrogen-bond donors (Lipinski definition) is 1. The zero-order valence-electron chi connectivity index (χ0n) is 16.1. The fourth-order valence-corrected chi connectivity index (χ4v) is 2.99. The first-order chi connectivity index (χ1) is 12.9. The maximum atomic E-state index is 12.6. The molecule has 0 aliphatic rings. The molecule has 1 N–H and O–H groups in total. The minimum absolute atomic E-state index is 0.119. The highest BCUT2D eigenvalue weighted by molar-refractivity contribution is 5.89. The van der Waals surface area contributed by atoms with E-state index in [0.29, 0.717) is 16.7 Å². The Morgan fingerprint density at radius 2 is 1.85 bits per heavy atom. The molecule has 0 saturated heterocycles. The van der Waals surface area contributed by atoms with Crippen LogP contribution < -0.4 is 10.9 Å². The number of carbonyl (C=O) groups excluding carboxylic acids is 1. The van der Waals surface area contributed by atoms with Crippen LogP contribution in [0.25, 0.3) is 10.9 Å². The van der Waals surface area contributed by atoms with E-state index < -0.39 is 0 Å². The monoisotopic (exact) mass is 364 g/mol. The molecule has 2 amide bonds. The molecule has 0 aliphatic carbocycles. The molecule has 0 saturated carbocycles. The number of anilines is 1. The van der Waals surface area contributed by atoms with Crippen molar-refractivity contribution in [2.75, 3.05) is 12.4 Å². The van der Waals surface area contributed by atoms with Gasteiger partial charge in [-0.15, -0.1) is 0 Å². The third-order valence-corrected chi connectivity index (χ3v) is 4.91. The van der Waals surface area contributed by atoms with Gasteiger partial charge in [-0.25, -0.2) is 9.78 Å². The molecule has 3 aromatic rings. The zero-order valence-corrected chi connectivity index (χ0v) is 16.1. The maximum Gasteiger partial charge on any atom is 0.322 e. The summed E-state index contributed by atoms with van der Waals surface area (Å²) in [5.41, 5.74) is 2.46. The molecule has 0 bridgehead atoms. The predicted octanol–water partition coefficient (Wildman–Crippen LogP) is 3.72. The van der Waals surface area contributed by atoms with Gasteiger partial charge in [-0.2, -0.15) is 0 Å². The molecule has 1 aromatic heterocycles. The van der Waals surface area contributed by atoms with Gasteiger partial charge in [0.05, 0.1) is 16.9 Å². The largest absolute Gasteiger partial charge is 0.322 e. The quantitative estimate of drug-likeness (QED) is 0.767. The topological polar surface area (TPSA) is 67.2 Å². The lowest BCUT2D eigenvalue weighted by Gasteiger charge is -2.26. The third-order valence-electron chi connectivity index (χ3n) is 4.91. The van der Waals surface area contributed by atoms with Crippen LogP contribution in [0.5, 0.6) is 0 Å². The van der Waals surface area contributed by atoms with Crippen molar-refractivity contribution in [3.8, 4) is 0 Å². The van der Waals surface area contributed by atoms with Crippen molar-refractivity contribution in [3.05, 3.63) is 70.3 Å². The number of aryl methyl sites for hydroxylation is 1. The van der Waals surface area contributed by atoms with E-state index in [1.807, 2.05) is 49.4 Å². The van der Waals surface area contributed by atoms with E-state index in [1.165, 1.54) is 10.1 Å². The molecule has 140 valence electrons. The number of urea groups is 1. The second-order valence-corrected chi connectivity index (χ2v) is 6.62. The molecule has 6 nitrogen and oxygen atoms in total. The van der Waals surface area contributed by atoms with Crippen molar-refractivity contribution >= 4 is 22.6 Å². The Kier molecular flexibility index (Phi) is 5.26. The minimum atomic E-state index is -0.373. The summed E-state index contributed by atoms with van der Waals surface area (Å²) < 4.78 is 1.51. The number of nitrogens with one attached hydrogen (secondary N) is 1. The Balaban J connectivity index is 1.84. The molecule has 0 unspecified atom stereocenters. The molecule has 1 heterocycles. The Morgan fingerprint density at radius 3 is 2.52 bits per heavy atom. The Labute approximate surface area is 158 Å². The van der Waals surface area contributed by atoms with E-state index in [1.54, 1.807) is 25.1 Å². The van der Waals surface area contributed by atoms with Crippen LogP contribution >= 0.6 is 0 Å². The van der Waals surface area contributed by atoms with E-state index in [4.69, 9.17) is 0 Å². The average molecular weight is 364 g/mol. The standard InChI is InChI=1S/C21H24N4O2/c1-5-15-10-12-16(13-11-15)22-21(27)24(3)14(2)19-23-18-9-7-6-8-17(18)20(26)25(19)4/h6-14H,5H2,1-4H3,(H,22,27)/t14-/m0/s1. The average Bonchev–Trinajstić information content (AvgIpc) is 2.70. The van der Waals surface area contributed by atoms with Crippen LogP contribution in [0.15, 0.2) is 53.3 Å². The first kappa shape index (κ1) is 18.6. The van der Waals surface area contributed by atoms with Crippen LogP contribution in [0.2, 0.25) is 0 Å². The predicted molar refractivity (Wildman–Crippen MR) is 108 cm³/mol. The van der Waals surface area contributed by atoms with Gasteiger partial charge < -0.3 is 10.2 Å². The molecule has 0 aliphatic heterocycles. The molecule has 3 rings (SSSR count). The maximum absolute atomic E-state index is 12.6. The van der Waals surface area contributed by atoms with Crippen LogP contribution in [0.3, 0.4) is 0 Å². The number of benzene rings is 2. The van der Waals surface area contributed by atoms with Gasteiger partial charge in [0.25, 0.3) is 5.56 Å². The van der Waals surface area contributed by atoms with E-state index in [9.17, 15) is 9.59 Å². The summed E-state index contributed by atoms with van der Waals surface area (Å²) in [7, 11) is 3.38. The Hall–Kier alpha value is -3.15. The molecule has 27 heavy (non-hydrogen) atoms. The van der Waals surface area contributed by atoms with Gasteiger partial charge >= 0.3 is 6.03 Å². The molecule has 2 aromatic carbocycles. The molecule has 0 spiro atoms. The lowest BCUT2D eigenvalue weighted by molar-refractivity contribution is 0.205. The van der Waals surface area contributed by atoms with Crippen molar-refractivity contribution in [2.45, 2.75) is 26.3 Å². The number of hydrogen-bond acceptors (Lipinski definition) is 3. The molecule has 6 heteroatoms. The SMILES string of the molecule is CCc1ccc(NC(=O)N(C)[C@@H](C)c2nc3ccccc3c(=O)n2C)cc1. The number of fused-ring (bicyclic) bond motifs is 1. The number of para-hydroxylation sites is 1. The summed E-state index contributed by atoms with van der Waals surface area (Å²) in [6.07, 6.45) is 0.951. The van der Waals surface area contributed by atoms with E-state index >= 15 is 0 Å². The van der Waals surface area contributed by atoms with Gasteiger partial charge in [0.2, 0.25) is 0 Å². The van der Waals surface area contributed by atoms with Gasteiger partial charge in [-0.3, -0.25) is 9.36 Å². The fraction of sp³-hybridized carbons (Fsp3) is 0.286. The first-order valence-electron chi connectivity index (χ1n) is 9.00. The van der Waals surface area contributed by atoms with Crippen molar-refractivity contribution in [3.63, 3.8) is 0 Å². The summed E-state index contributed by atoms with van der Waals surface area (Å²) in [6.45, 7) is 3.94. The molecule has 1 atom stereocenters. The number of rotatable bonds is 4. The normalized spacial score (nSPS) is 12.0. The summed E-state index contributed by atoms with van der Waals surface area (Å²) in [5.74, 6) is 0.540. The highest BCUT2D eigenvalue weighted by Gasteiger charge is 2.22. The minimum Gasteiger partial charge on any atom is -0.318 e. The second kappa shape index (κ2) is 7.61. The number of aromatic nitrogens is 2. The third kappa shape index (κ3) is 3.69. The molecular weight excluding hydrogens is 340 g/mol. The van der Waals surface area contributed by atoms with Crippen LogP contribution in [-0.4, -0.2) is 27.5 Å². The summed E-state index contributed by atoms with van der Waals surface area (Å²) in [5, 5.41) is 3.46. The van der Waals surface area contributed by atoms with Gasteiger partial charge in [0, 0.05) is 19.8 Å². The Morgan fingerprint density at radius 1 is 1.19 bits per heavy atom. The lowest BCUT2D eigenvalue weighted by Crippen LogP contribution is -2.37. The Bertz CT molecular complexity index is 1020. The van der Waals surface area contributed by atoms with Crippen LogP contribution in [-0.2, 0) is 13.5 Å². The summed E-state index contributed by atoms with van der Waals surface area (Å²) >= 11 is 0. The highest BCUT2D eigenvalue weighted by Crippen LogP contribution is 2.19. The zero-order chi connectivity index (χ0) is 19.6. The summed E-state index contributed by atoms with van der Waals surface area (Å²) in [6, 6.07) is 14.4. The summed E-state index contributed by atoms with van der Waals surface area (Å²) in [4.78, 5) is 31.4. The van der Waals surface area contributed by atoms with Crippen molar-refractivity contribution in [1.29, 1.82) is 0 Å². The van der Waals surface area contributed by atoms with Crippen molar-refractivity contribution in [2.24, 2.45) is 7.05 Å². The highest BCUT2D eigenvalue weighted by atomic mass is 16.2. The van der Waals surface area contributed by atoms with E-state index in [0.717, 1.165) is 12.1 Å². The smallest absolute Gasteiger partial charge is 0.318 e. The van der Waals surface area contributed by atoms with Crippen LogP contribution in [0.1, 0.15) is 31.3 Å². The van der Waals surface area contributed by atoms with E-state index in [2.05, 4.69) is 17.2 Å². The van der Waals surface area contributed by atoms with E-state index in [-0.39, 0.29) is 17.6 Å². The number of amides is 2. The van der Waals surface area contributed by atoms with Gasteiger partial charge in [-0.1, -0.05) is 31.2 Å². The van der Waals surface area contributed by atoms with Gasteiger partial charge in [0.15, 0.2) is 0 Å². The number of nitrogens with zero attached hydrogens (tertiary/aromatic N) is 3. The van der Waals surface area contributed by atoms with Gasteiger partial charge in [0.1, 0.15) is 5.82 Å². The van der Waals surface area contributed by atoms with Crippen LogP contribution in [0.4, 0.5) is 10.5 Å². The first-order valence-corrected chi connectivity index (χ1v) is 9.00. The molecular formula is C21H24N4O2. The lowest BCUT2D eigenvalue weighted by atomic mass is 10.1. The number of carbonyl (C=O) groups is 1. The van der Waals surface area contributed by atoms with Crippen LogP contribution in [0, 0.1) is 0 Å². The molecule has 0 radical (unpaired) electrons. The van der Waals surface area contributed by atoms with Crippen molar-refractivity contribution < 1.29 is 4.79 Å².